The molecule has 1 aromatic heterocycles. The topological polar surface area (TPSA) is 76.5 Å². The largest absolute Gasteiger partial charge is 0.472 e. The number of nitrogens with two attached hydrogens (primary N) is 1. The van der Waals surface area contributed by atoms with Gasteiger partial charge in [0.2, 0.25) is 10.0 Å². The van der Waals surface area contributed by atoms with Crippen molar-refractivity contribution in [1.82, 2.24) is 4.31 Å². The van der Waals surface area contributed by atoms with E-state index in [1.54, 1.807) is 6.07 Å². The predicted octanol–water partition coefficient (Wildman–Crippen LogP) is 2.35. The van der Waals surface area contributed by atoms with Crippen molar-refractivity contribution in [1.29, 1.82) is 0 Å². The molecule has 0 bridgehead atoms. The molecule has 0 saturated carbocycles. The molecule has 114 valence electrons. The summed E-state index contributed by atoms with van der Waals surface area (Å²) in [5.74, 6) is -0.874. The van der Waals surface area contributed by atoms with Crippen molar-refractivity contribution < 1.29 is 17.2 Å². The fraction of sp³-hybridized carbons (Fsp3) is 0.231. The molecule has 2 N–H and O–H groups in total. The molecule has 0 amide bonds. The minimum atomic E-state index is -4.02. The predicted molar refractivity (Wildman–Crippen MR) is 76.7 cm³/mol. The molecular formula is C13H14ClFN2O3S. The van der Waals surface area contributed by atoms with Crippen LogP contribution in [0.2, 0.25) is 5.02 Å². The smallest absolute Gasteiger partial charge is 0.246 e. The van der Waals surface area contributed by atoms with Crippen molar-refractivity contribution in [3.05, 3.63) is 52.7 Å². The maximum atomic E-state index is 14.2. The number of sulfonamides is 1. The fourth-order valence-corrected chi connectivity index (χ4v) is 3.44. The van der Waals surface area contributed by atoms with E-state index in [4.69, 9.17) is 21.8 Å². The third kappa shape index (κ3) is 3.26. The number of hydrogen-bond acceptors (Lipinski definition) is 4. The van der Waals surface area contributed by atoms with E-state index >= 15 is 0 Å². The Bertz CT molecular complexity index is 732. The van der Waals surface area contributed by atoms with Crippen LogP contribution in [0.4, 0.5) is 4.39 Å². The number of benzene rings is 1. The molecule has 0 spiro atoms. The first kappa shape index (κ1) is 16.0. The Morgan fingerprint density at radius 3 is 2.71 bits per heavy atom. The quantitative estimate of drug-likeness (QED) is 0.911. The minimum Gasteiger partial charge on any atom is -0.472 e. The van der Waals surface area contributed by atoms with Crippen LogP contribution in [0.1, 0.15) is 11.1 Å². The molecule has 2 aromatic rings. The van der Waals surface area contributed by atoms with Gasteiger partial charge in [-0.3, -0.25) is 0 Å². The Morgan fingerprint density at radius 1 is 1.43 bits per heavy atom. The van der Waals surface area contributed by atoms with Gasteiger partial charge in [-0.05, 0) is 18.2 Å². The van der Waals surface area contributed by atoms with E-state index in [-0.39, 0.29) is 23.7 Å². The second-order valence-electron chi connectivity index (χ2n) is 4.47. The Kier molecular flexibility index (Phi) is 4.67. The molecule has 5 nitrogen and oxygen atoms in total. The van der Waals surface area contributed by atoms with Gasteiger partial charge >= 0.3 is 0 Å². The van der Waals surface area contributed by atoms with Gasteiger partial charge in [0.15, 0.2) is 0 Å². The van der Waals surface area contributed by atoms with Gasteiger partial charge in [0.1, 0.15) is 10.7 Å². The van der Waals surface area contributed by atoms with Gasteiger partial charge in [0.25, 0.3) is 0 Å². The highest BCUT2D eigenvalue weighted by atomic mass is 35.5. The van der Waals surface area contributed by atoms with Crippen LogP contribution in [-0.4, -0.2) is 19.8 Å². The van der Waals surface area contributed by atoms with E-state index in [1.165, 1.54) is 25.6 Å². The standard InChI is InChI=1S/C13H14ClFN2O3S/c1-17(7-9-2-3-20-8-9)21(18,19)12-5-11(14)4-10(6-16)13(12)15/h2-5,8H,6-7,16H2,1H3. The molecule has 0 aliphatic rings. The fourth-order valence-electron chi connectivity index (χ4n) is 1.85. The van der Waals surface area contributed by atoms with E-state index in [0.717, 1.165) is 10.4 Å². The lowest BCUT2D eigenvalue weighted by atomic mass is 10.2. The van der Waals surface area contributed by atoms with E-state index in [1.807, 2.05) is 0 Å². The number of rotatable bonds is 5. The van der Waals surface area contributed by atoms with E-state index in [2.05, 4.69) is 0 Å². The third-order valence-corrected chi connectivity index (χ3v) is 4.99. The zero-order chi connectivity index (χ0) is 15.6. The van der Waals surface area contributed by atoms with E-state index in [0.29, 0.717) is 5.56 Å². The van der Waals surface area contributed by atoms with Gasteiger partial charge in [-0.25, -0.2) is 12.8 Å². The Labute approximate surface area is 127 Å². The zero-order valence-electron chi connectivity index (χ0n) is 11.2. The average Bonchev–Trinajstić information content (AvgIpc) is 2.93. The average molecular weight is 333 g/mol. The van der Waals surface area contributed by atoms with Crippen LogP contribution in [0.25, 0.3) is 0 Å². The molecule has 1 aromatic carbocycles. The van der Waals surface area contributed by atoms with Gasteiger partial charge in [-0.2, -0.15) is 4.31 Å². The summed E-state index contributed by atoms with van der Waals surface area (Å²) in [5.41, 5.74) is 6.11. The third-order valence-electron chi connectivity index (χ3n) is 2.97. The molecule has 1 heterocycles. The van der Waals surface area contributed by atoms with Crippen LogP contribution in [-0.2, 0) is 23.1 Å². The number of nitrogens with zero attached hydrogens (tertiary/aromatic N) is 1. The van der Waals surface area contributed by atoms with Crippen molar-refractivity contribution >= 4 is 21.6 Å². The molecule has 0 unspecified atom stereocenters. The zero-order valence-corrected chi connectivity index (χ0v) is 12.8. The second kappa shape index (κ2) is 6.15. The molecule has 8 heteroatoms. The van der Waals surface area contributed by atoms with Crippen LogP contribution in [0.5, 0.6) is 0 Å². The van der Waals surface area contributed by atoms with Crippen molar-refractivity contribution in [2.75, 3.05) is 7.05 Å². The van der Waals surface area contributed by atoms with Gasteiger partial charge in [0, 0.05) is 36.3 Å². The SMILES string of the molecule is CN(Cc1ccoc1)S(=O)(=O)c1cc(Cl)cc(CN)c1F. The van der Waals surface area contributed by atoms with Crippen LogP contribution in [0, 0.1) is 5.82 Å². The van der Waals surface area contributed by atoms with Gasteiger partial charge in [-0.15, -0.1) is 0 Å². The molecule has 0 aliphatic heterocycles. The number of halogens is 2. The van der Waals surface area contributed by atoms with Gasteiger partial charge in [-0.1, -0.05) is 11.6 Å². The highest BCUT2D eigenvalue weighted by Gasteiger charge is 2.26. The second-order valence-corrected chi connectivity index (χ2v) is 6.92. The lowest BCUT2D eigenvalue weighted by Gasteiger charge is -2.18. The highest BCUT2D eigenvalue weighted by molar-refractivity contribution is 7.89. The monoisotopic (exact) mass is 332 g/mol. The summed E-state index contributed by atoms with van der Waals surface area (Å²) in [6.07, 6.45) is 2.86. The van der Waals surface area contributed by atoms with Crippen molar-refractivity contribution in [2.45, 2.75) is 18.0 Å². The molecule has 0 saturated heterocycles. The minimum absolute atomic E-state index is 0.0535. The molecular weight excluding hydrogens is 319 g/mol. The number of hydrogen-bond donors (Lipinski definition) is 1. The maximum Gasteiger partial charge on any atom is 0.246 e. The van der Waals surface area contributed by atoms with Gasteiger partial charge < -0.3 is 10.2 Å². The first-order chi connectivity index (χ1) is 9.86. The molecule has 0 fully saturated rings. The van der Waals surface area contributed by atoms with Crippen molar-refractivity contribution in [2.24, 2.45) is 5.73 Å². The van der Waals surface area contributed by atoms with Crippen LogP contribution in [0.15, 0.2) is 40.0 Å². The summed E-state index contributed by atoms with van der Waals surface area (Å²) in [4.78, 5) is -0.485. The number of furan rings is 1. The van der Waals surface area contributed by atoms with Crippen LogP contribution >= 0.6 is 11.6 Å². The van der Waals surface area contributed by atoms with Crippen LogP contribution < -0.4 is 5.73 Å². The lowest BCUT2D eigenvalue weighted by molar-refractivity contribution is 0.456. The lowest BCUT2D eigenvalue weighted by Crippen LogP contribution is -2.27. The first-order valence-corrected chi connectivity index (χ1v) is 7.83. The summed E-state index contributed by atoms with van der Waals surface area (Å²) < 4.78 is 45.0. The highest BCUT2D eigenvalue weighted by Crippen LogP contribution is 2.26. The summed E-state index contributed by atoms with van der Waals surface area (Å²) in [6, 6.07) is 4.02. The first-order valence-electron chi connectivity index (χ1n) is 6.01. The normalized spacial score (nSPS) is 12.0. The summed E-state index contributed by atoms with van der Waals surface area (Å²) in [7, 11) is -2.67. The Hall–Kier alpha value is -1.41. The summed E-state index contributed by atoms with van der Waals surface area (Å²) in [6.45, 7) is -0.0803. The summed E-state index contributed by atoms with van der Waals surface area (Å²) in [5, 5.41) is 0.118. The van der Waals surface area contributed by atoms with E-state index in [9.17, 15) is 12.8 Å². The maximum absolute atomic E-state index is 14.2. The van der Waals surface area contributed by atoms with Crippen molar-refractivity contribution in [3.63, 3.8) is 0 Å². The summed E-state index contributed by atoms with van der Waals surface area (Å²) >= 11 is 5.83. The molecule has 0 atom stereocenters. The molecule has 0 aliphatic carbocycles. The van der Waals surface area contributed by atoms with Crippen LogP contribution in [0.3, 0.4) is 0 Å². The Balaban J connectivity index is 2.41. The Morgan fingerprint density at radius 2 is 2.14 bits per heavy atom. The molecule has 0 radical (unpaired) electrons. The van der Waals surface area contributed by atoms with Crippen molar-refractivity contribution in [3.8, 4) is 0 Å². The molecule has 2 rings (SSSR count). The van der Waals surface area contributed by atoms with Gasteiger partial charge in [0.05, 0.1) is 12.5 Å². The molecule has 21 heavy (non-hydrogen) atoms. The van der Waals surface area contributed by atoms with E-state index < -0.39 is 20.7 Å².